The van der Waals surface area contributed by atoms with Crippen LogP contribution in [0.5, 0.6) is 17.2 Å². The van der Waals surface area contributed by atoms with E-state index >= 15 is 0 Å². The number of nitrogens with one attached hydrogen (secondary N) is 1. The van der Waals surface area contributed by atoms with Crippen LogP contribution in [0.25, 0.3) is 11.5 Å². The molecule has 0 saturated carbocycles. The highest BCUT2D eigenvalue weighted by Crippen LogP contribution is 2.45. The third kappa shape index (κ3) is 7.34. The van der Waals surface area contributed by atoms with Crippen molar-refractivity contribution in [1.82, 2.24) is 10.3 Å². The maximum absolute atomic E-state index is 14.3. The van der Waals surface area contributed by atoms with E-state index in [2.05, 4.69) is 10.3 Å². The van der Waals surface area contributed by atoms with Crippen LogP contribution in [0.3, 0.4) is 0 Å². The number of rotatable bonds is 11. The number of aromatic nitrogens is 1. The van der Waals surface area contributed by atoms with Crippen molar-refractivity contribution in [2.24, 2.45) is 11.1 Å². The Morgan fingerprint density at radius 2 is 1.64 bits per heavy atom. The van der Waals surface area contributed by atoms with Gasteiger partial charge in [0, 0.05) is 29.2 Å². The zero-order valence-electron chi connectivity index (χ0n) is 25.8. The van der Waals surface area contributed by atoms with Crippen molar-refractivity contribution < 1.29 is 41.7 Å². The van der Waals surface area contributed by atoms with Crippen LogP contribution in [0.2, 0.25) is 0 Å². The monoisotopic (exact) mass is 623 g/mol. The Morgan fingerprint density at radius 1 is 0.933 bits per heavy atom. The summed E-state index contributed by atoms with van der Waals surface area (Å²) in [5.41, 5.74) is 4.15. The predicted octanol–water partition coefficient (Wildman–Crippen LogP) is 6.50. The first kappa shape index (κ1) is 32.8. The third-order valence-corrected chi connectivity index (χ3v) is 7.43. The summed E-state index contributed by atoms with van der Waals surface area (Å²) < 4.78 is 56.1. The molecule has 45 heavy (non-hydrogen) atoms. The summed E-state index contributed by atoms with van der Waals surface area (Å²) in [5.74, 6) is -0.887. The summed E-state index contributed by atoms with van der Waals surface area (Å²) in [6, 6.07) is 15.3. The van der Waals surface area contributed by atoms with E-state index < -0.39 is 34.7 Å². The van der Waals surface area contributed by atoms with Gasteiger partial charge in [-0.3, -0.25) is 4.79 Å². The average Bonchev–Trinajstić information content (AvgIpc) is 3.45. The molecule has 1 unspecified atom stereocenters. The summed E-state index contributed by atoms with van der Waals surface area (Å²) in [4.78, 5) is 30.0. The second-order valence-electron chi connectivity index (χ2n) is 11.3. The number of hydrogen-bond acceptors (Lipinski definition) is 8. The van der Waals surface area contributed by atoms with E-state index in [9.17, 15) is 18.4 Å². The number of carbonyl (C=O) groups is 2. The molecule has 0 saturated heterocycles. The van der Waals surface area contributed by atoms with E-state index in [4.69, 9.17) is 29.1 Å². The lowest BCUT2D eigenvalue weighted by molar-refractivity contribution is -0.0707. The molecule has 10 nitrogen and oxygen atoms in total. The summed E-state index contributed by atoms with van der Waals surface area (Å²) >= 11 is 0. The van der Waals surface area contributed by atoms with Crippen LogP contribution in [-0.4, -0.2) is 31.2 Å². The lowest BCUT2D eigenvalue weighted by Crippen LogP contribution is -2.44. The standard InChI is InChI=1S/C33H35F2N3O7/c1-32(2,3)33(4,45-31(36)40)28-27(29(39)37-17-21-9-11-22(34)16-24(21)35)38-30(44-28)20-10-14-25(42-6)26(15-20)43-18-19-7-12-23(41-5)13-8-19/h7-16H,17-18H2,1-6H3,(H2,36,40)(H,37,39). The summed E-state index contributed by atoms with van der Waals surface area (Å²) in [7, 11) is 3.08. The predicted molar refractivity (Wildman–Crippen MR) is 161 cm³/mol. The largest absolute Gasteiger partial charge is 0.497 e. The van der Waals surface area contributed by atoms with Gasteiger partial charge in [0.15, 0.2) is 28.6 Å². The number of halogens is 2. The molecule has 0 aliphatic heterocycles. The summed E-state index contributed by atoms with van der Waals surface area (Å²) in [6.45, 7) is 6.80. The van der Waals surface area contributed by atoms with Gasteiger partial charge in [0.25, 0.3) is 5.91 Å². The van der Waals surface area contributed by atoms with Crippen LogP contribution in [0.15, 0.2) is 65.1 Å². The molecule has 0 fully saturated rings. The Labute approximate surface area is 259 Å². The number of hydrogen-bond donors (Lipinski definition) is 2. The number of nitrogens with zero attached hydrogens (tertiary/aromatic N) is 1. The molecule has 2 amide bonds. The summed E-state index contributed by atoms with van der Waals surface area (Å²) in [6.07, 6.45) is -1.09. The van der Waals surface area contributed by atoms with Crippen LogP contribution >= 0.6 is 0 Å². The van der Waals surface area contributed by atoms with E-state index in [0.29, 0.717) is 22.8 Å². The third-order valence-electron chi connectivity index (χ3n) is 7.43. The van der Waals surface area contributed by atoms with Gasteiger partial charge in [-0.1, -0.05) is 39.0 Å². The fourth-order valence-electron chi connectivity index (χ4n) is 4.39. The highest BCUT2D eigenvalue weighted by atomic mass is 19.1. The van der Waals surface area contributed by atoms with Gasteiger partial charge in [0.05, 0.1) is 14.2 Å². The van der Waals surface area contributed by atoms with Crippen LogP contribution < -0.4 is 25.3 Å². The van der Waals surface area contributed by atoms with Crippen molar-refractivity contribution >= 4 is 12.0 Å². The molecule has 3 N–H and O–H groups in total. The number of oxazole rings is 1. The van der Waals surface area contributed by atoms with Crippen LogP contribution in [0.1, 0.15) is 55.1 Å². The molecule has 238 valence electrons. The number of nitrogens with two attached hydrogens (primary N) is 1. The van der Waals surface area contributed by atoms with Crippen molar-refractivity contribution in [3.8, 4) is 28.7 Å². The smallest absolute Gasteiger partial charge is 0.405 e. The highest BCUT2D eigenvalue weighted by molar-refractivity contribution is 5.94. The van der Waals surface area contributed by atoms with Gasteiger partial charge in [-0.25, -0.2) is 18.6 Å². The van der Waals surface area contributed by atoms with Gasteiger partial charge >= 0.3 is 6.09 Å². The molecular formula is C33H35F2N3O7. The van der Waals surface area contributed by atoms with Crippen LogP contribution in [-0.2, 0) is 23.5 Å². The lowest BCUT2D eigenvalue weighted by Gasteiger charge is -2.38. The Morgan fingerprint density at radius 3 is 2.24 bits per heavy atom. The fraction of sp³-hybridized carbons (Fsp3) is 0.303. The normalized spacial score (nSPS) is 12.6. The zero-order valence-corrected chi connectivity index (χ0v) is 25.8. The number of amides is 2. The Kier molecular flexibility index (Phi) is 9.65. The summed E-state index contributed by atoms with van der Waals surface area (Å²) in [5, 5.41) is 2.58. The quantitative estimate of drug-likeness (QED) is 0.193. The Balaban J connectivity index is 1.74. The Bertz CT molecular complexity index is 1680. The van der Waals surface area contributed by atoms with E-state index in [1.165, 1.54) is 13.2 Å². The SMILES string of the molecule is COc1ccc(COc2cc(-c3nc(C(=O)NCc4ccc(F)cc4F)c(C(C)(OC(N)=O)C(C)(C)C)o3)ccc2OC)cc1. The van der Waals surface area contributed by atoms with Gasteiger partial charge in [-0.15, -0.1) is 0 Å². The molecular weight excluding hydrogens is 588 g/mol. The number of ether oxygens (including phenoxy) is 4. The first-order valence-electron chi connectivity index (χ1n) is 13.9. The zero-order chi connectivity index (χ0) is 32.9. The van der Waals surface area contributed by atoms with Gasteiger partial charge < -0.3 is 34.4 Å². The minimum atomic E-state index is -1.57. The molecule has 12 heteroatoms. The first-order chi connectivity index (χ1) is 21.2. The molecule has 0 spiro atoms. The number of benzene rings is 3. The second-order valence-corrected chi connectivity index (χ2v) is 11.3. The minimum absolute atomic E-state index is 0.00334. The second kappa shape index (κ2) is 13.2. The van der Waals surface area contributed by atoms with Gasteiger partial charge in [0.2, 0.25) is 5.89 Å². The van der Waals surface area contributed by atoms with Crippen molar-refractivity contribution in [3.63, 3.8) is 0 Å². The van der Waals surface area contributed by atoms with Crippen LogP contribution in [0, 0.1) is 17.0 Å². The van der Waals surface area contributed by atoms with Crippen molar-refractivity contribution in [2.75, 3.05) is 14.2 Å². The lowest BCUT2D eigenvalue weighted by atomic mass is 9.75. The van der Waals surface area contributed by atoms with Crippen molar-refractivity contribution in [1.29, 1.82) is 0 Å². The molecule has 4 aromatic rings. The van der Waals surface area contributed by atoms with Crippen molar-refractivity contribution in [2.45, 2.75) is 46.4 Å². The van der Waals surface area contributed by atoms with E-state index in [1.54, 1.807) is 53.0 Å². The molecule has 0 aliphatic carbocycles. The van der Waals surface area contributed by atoms with Crippen molar-refractivity contribution in [3.05, 3.63) is 94.9 Å². The molecule has 4 rings (SSSR count). The van der Waals surface area contributed by atoms with E-state index in [-0.39, 0.29) is 36.1 Å². The molecule has 3 aromatic carbocycles. The molecule has 0 radical (unpaired) electrons. The van der Waals surface area contributed by atoms with Gasteiger partial charge in [0.1, 0.15) is 24.0 Å². The van der Waals surface area contributed by atoms with Gasteiger partial charge in [-0.2, -0.15) is 0 Å². The number of methoxy groups -OCH3 is 2. The number of carbonyl (C=O) groups excluding carboxylic acids is 2. The molecule has 0 bridgehead atoms. The average molecular weight is 624 g/mol. The van der Waals surface area contributed by atoms with E-state index in [0.717, 1.165) is 17.7 Å². The van der Waals surface area contributed by atoms with Gasteiger partial charge in [-0.05, 0) is 48.9 Å². The Hall–Kier alpha value is -5.13. The maximum Gasteiger partial charge on any atom is 0.405 e. The maximum atomic E-state index is 14.3. The molecule has 1 aromatic heterocycles. The fourth-order valence-corrected chi connectivity index (χ4v) is 4.39. The number of primary amides is 1. The highest BCUT2D eigenvalue weighted by Gasteiger charge is 2.49. The molecule has 0 aliphatic rings. The molecule has 1 atom stereocenters. The first-order valence-corrected chi connectivity index (χ1v) is 13.9. The van der Waals surface area contributed by atoms with E-state index in [1.807, 2.05) is 24.3 Å². The van der Waals surface area contributed by atoms with Crippen LogP contribution in [0.4, 0.5) is 13.6 Å². The molecule has 1 heterocycles. The topological polar surface area (TPSA) is 135 Å². The minimum Gasteiger partial charge on any atom is -0.497 e.